The molecule has 0 fully saturated rings. The SMILES string of the molecule is C=CC(=O)OCCN(CCO)CCOC(=O)C=C. The lowest BCUT2D eigenvalue weighted by molar-refractivity contribution is -0.138. The summed E-state index contributed by atoms with van der Waals surface area (Å²) >= 11 is 0. The number of nitrogens with zero attached hydrogens (tertiary/aromatic N) is 1. The molecule has 6 heteroatoms. The number of rotatable bonds is 10. The van der Waals surface area contributed by atoms with Gasteiger partial charge in [0.25, 0.3) is 0 Å². The first-order valence-electron chi connectivity index (χ1n) is 5.55. The van der Waals surface area contributed by atoms with E-state index in [1.807, 2.05) is 4.90 Å². The van der Waals surface area contributed by atoms with Crippen LogP contribution in [-0.2, 0) is 19.1 Å². The molecule has 0 radical (unpaired) electrons. The summed E-state index contributed by atoms with van der Waals surface area (Å²) in [5.74, 6) is -0.978. The van der Waals surface area contributed by atoms with Crippen molar-refractivity contribution in [3.63, 3.8) is 0 Å². The second-order valence-electron chi connectivity index (χ2n) is 3.31. The summed E-state index contributed by atoms with van der Waals surface area (Å²) in [6, 6.07) is 0. The molecule has 0 heterocycles. The smallest absolute Gasteiger partial charge is 0.330 e. The Balaban J connectivity index is 3.83. The second-order valence-corrected chi connectivity index (χ2v) is 3.31. The summed E-state index contributed by atoms with van der Waals surface area (Å²) in [6.45, 7) is 8.24. The van der Waals surface area contributed by atoms with Crippen molar-refractivity contribution in [1.29, 1.82) is 0 Å². The average Bonchev–Trinajstić information content (AvgIpc) is 2.38. The van der Waals surface area contributed by atoms with Crippen LogP contribution < -0.4 is 0 Å². The Labute approximate surface area is 106 Å². The number of aliphatic hydroxyl groups is 1. The van der Waals surface area contributed by atoms with E-state index in [2.05, 4.69) is 13.2 Å². The quantitative estimate of drug-likeness (QED) is 0.429. The van der Waals surface area contributed by atoms with E-state index in [0.717, 1.165) is 12.2 Å². The van der Waals surface area contributed by atoms with Gasteiger partial charge in [-0.2, -0.15) is 0 Å². The summed E-state index contributed by atoms with van der Waals surface area (Å²) in [4.78, 5) is 23.4. The molecule has 0 saturated carbocycles. The van der Waals surface area contributed by atoms with Gasteiger partial charge in [-0.1, -0.05) is 13.2 Å². The maximum absolute atomic E-state index is 10.8. The van der Waals surface area contributed by atoms with E-state index in [1.54, 1.807) is 0 Å². The van der Waals surface area contributed by atoms with Crippen molar-refractivity contribution in [3.05, 3.63) is 25.3 Å². The van der Waals surface area contributed by atoms with E-state index in [4.69, 9.17) is 14.6 Å². The monoisotopic (exact) mass is 257 g/mol. The minimum atomic E-state index is -0.489. The minimum absolute atomic E-state index is 0.0230. The Morgan fingerprint density at radius 1 is 1.00 bits per heavy atom. The molecule has 0 aromatic heterocycles. The number of carbonyl (C=O) groups is 2. The van der Waals surface area contributed by atoms with Crippen LogP contribution in [0.2, 0.25) is 0 Å². The van der Waals surface area contributed by atoms with Crippen molar-refractivity contribution in [3.8, 4) is 0 Å². The van der Waals surface area contributed by atoms with Crippen LogP contribution in [0.15, 0.2) is 25.3 Å². The van der Waals surface area contributed by atoms with Gasteiger partial charge in [0.1, 0.15) is 13.2 Å². The molecule has 0 atom stereocenters. The maximum atomic E-state index is 10.8. The van der Waals surface area contributed by atoms with Crippen molar-refractivity contribution in [2.75, 3.05) is 39.5 Å². The van der Waals surface area contributed by atoms with Crippen LogP contribution in [0.5, 0.6) is 0 Å². The van der Waals surface area contributed by atoms with Crippen LogP contribution in [-0.4, -0.2) is 61.4 Å². The molecule has 0 unspecified atom stereocenters. The van der Waals surface area contributed by atoms with Gasteiger partial charge in [-0.05, 0) is 0 Å². The van der Waals surface area contributed by atoms with Gasteiger partial charge in [0.05, 0.1) is 6.61 Å². The molecule has 0 aliphatic rings. The summed E-state index contributed by atoms with van der Waals surface area (Å²) in [5.41, 5.74) is 0. The molecule has 1 N–H and O–H groups in total. The third kappa shape index (κ3) is 8.49. The highest BCUT2D eigenvalue weighted by Crippen LogP contribution is 1.91. The molecule has 6 nitrogen and oxygen atoms in total. The third-order valence-electron chi connectivity index (χ3n) is 2.05. The van der Waals surface area contributed by atoms with E-state index in [-0.39, 0.29) is 19.8 Å². The van der Waals surface area contributed by atoms with E-state index in [1.165, 1.54) is 0 Å². The van der Waals surface area contributed by atoms with Crippen LogP contribution in [0.4, 0.5) is 0 Å². The Morgan fingerprint density at radius 2 is 1.44 bits per heavy atom. The standard InChI is InChI=1S/C12H19NO5/c1-3-11(15)17-9-6-13(5-8-14)7-10-18-12(16)4-2/h3-4,14H,1-2,5-10H2. The topological polar surface area (TPSA) is 76.1 Å². The van der Waals surface area contributed by atoms with Crippen LogP contribution in [0.3, 0.4) is 0 Å². The molecular formula is C12H19NO5. The molecule has 0 spiro atoms. The Kier molecular flexibility index (Phi) is 9.52. The summed E-state index contributed by atoms with van der Waals surface area (Å²) in [7, 11) is 0. The molecule has 0 aromatic carbocycles. The van der Waals surface area contributed by atoms with Crippen LogP contribution >= 0.6 is 0 Å². The van der Waals surface area contributed by atoms with Crippen LogP contribution in [0, 0.1) is 0 Å². The first kappa shape index (κ1) is 16.3. The van der Waals surface area contributed by atoms with E-state index < -0.39 is 11.9 Å². The van der Waals surface area contributed by atoms with Crippen molar-refractivity contribution in [2.24, 2.45) is 0 Å². The number of ether oxygens (including phenoxy) is 2. The summed E-state index contributed by atoms with van der Waals surface area (Å²) in [6.07, 6.45) is 2.17. The van der Waals surface area contributed by atoms with Gasteiger partial charge in [-0.15, -0.1) is 0 Å². The number of aliphatic hydroxyl groups excluding tert-OH is 1. The fraction of sp³-hybridized carbons (Fsp3) is 0.500. The van der Waals surface area contributed by atoms with Crippen LogP contribution in [0.25, 0.3) is 0 Å². The fourth-order valence-corrected chi connectivity index (χ4v) is 1.15. The second kappa shape index (κ2) is 10.5. The summed E-state index contributed by atoms with van der Waals surface area (Å²) in [5, 5.41) is 8.86. The predicted octanol–water partition coefficient (Wildman–Crippen LogP) is -0.261. The van der Waals surface area contributed by atoms with Gasteiger partial charge in [-0.3, -0.25) is 4.90 Å². The summed E-state index contributed by atoms with van der Waals surface area (Å²) < 4.78 is 9.62. The van der Waals surface area contributed by atoms with Crippen molar-refractivity contribution in [2.45, 2.75) is 0 Å². The molecule has 0 aromatic rings. The van der Waals surface area contributed by atoms with Gasteiger partial charge in [0.15, 0.2) is 0 Å². The molecule has 0 bridgehead atoms. The zero-order chi connectivity index (χ0) is 13.8. The van der Waals surface area contributed by atoms with Gasteiger partial charge >= 0.3 is 11.9 Å². The number of hydrogen-bond acceptors (Lipinski definition) is 6. The molecular weight excluding hydrogens is 238 g/mol. The zero-order valence-electron chi connectivity index (χ0n) is 10.3. The molecule has 102 valence electrons. The lowest BCUT2D eigenvalue weighted by Gasteiger charge is -2.20. The van der Waals surface area contributed by atoms with E-state index in [0.29, 0.717) is 19.6 Å². The zero-order valence-corrected chi connectivity index (χ0v) is 10.3. The van der Waals surface area contributed by atoms with Crippen molar-refractivity contribution >= 4 is 11.9 Å². The third-order valence-corrected chi connectivity index (χ3v) is 2.05. The lowest BCUT2D eigenvalue weighted by atomic mass is 10.4. The average molecular weight is 257 g/mol. The number of carbonyl (C=O) groups excluding carboxylic acids is 2. The first-order chi connectivity index (χ1) is 8.63. The van der Waals surface area contributed by atoms with Crippen molar-refractivity contribution in [1.82, 2.24) is 4.90 Å². The van der Waals surface area contributed by atoms with Crippen molar-refractivity contribution < 1.29 is 24.2 Å². The van der Waals surface area contributed by atoms with Gasteiger partial charge < -0.3 is 14.6 Å². The molecule has 18 heavy (non-hydrogen) atoms. The molecule has 0 rings (SSSR count). The highest BCUT2D eigenvalue weighted by molar-refractivity contribution is 5.81. The fourth-order valence-electron chi connectivity index (χ4n) is 1.15. The lowest BCUT2D eigenvalue weighted by Crippen LogP contribution is -2.34. The highest BCUT2D eigenvalue weighted by atomic mass is 16.5. The first-order valence-corrected chi connectivity index (χ1v) is 5.55. The van der Waals surface area contributed by atoms with E-state index >= 15 is 0 Å². The molecule has 0 amide bonds. The Bertz CT molecular complexity index is 264. The molecule has 0 saturated heterocycles. The molecule has 0 aliphatic heterocycles. The number of hydrogen-bond donors (Lipinski definition) is 1. The Hall–Kier alpha value is -1.66. The normalized spacial score (nSPS) is 9.89. The maximum Gasteiger partial charge on any atom is 0.330 e. The highest BCUT2D eigenvalue weighted by Gasteiger charge is 2.06. The van der Waals surface area contributed by atoms with E-state index in [9.17, 15) is 9.59 Å². The minimum Gasteiger partial charge on any atom is -0.461 e. The largest absolute Gasteiger partial charge is 0.461 e. The van der Waals surface area contributed by atoms with Gasteiger partial charge in [-0.25, -0.2) is 9.59 Å². The van der Waals surface area contributed by atoms with Gasteiger partial charge in [0, 0.05) is 31.8 Å². The molecule has 0 aliphatic carbocycles. The number of esters is 2. The van der Waals surface area contributed by atoms with Gasteiger partial charge in [0.2, 0.25) is 0 Å². The Morgan fingerprint density at radius 3 is 1.78 bits per heavy atom. The van der Waals surface area contributed by atoms with Crippen LogP contribution in [0.1, 0.15) is 0 Å². The predicted molar refractivity (Wildman–Crippen MR) is 65.8 cm³/mol.